The lowest BCUT2D eigenvalue weighted by Crippen LogP contribution is -2.24. The molecule has 1 heterocycles. The molecule has 1 aliphatic carbocycles. The van der Waals surface area contributed by atoms with Crippen molar-refractivity contribution < 1.29 is 4.79 Å². The molecule has 5 heteroatoms. The molecule has 1 saturated carbocycles. The number of nitrogens with zero attached hydrogens (tertiary/aromatic N) is 2. The van der Waals surface area contributed by atoms with Crippen molar-refractivity contribution in [2.75, 3.05) is 10.6 Å². The minimum atomic E-state index is -0.210. The van der Waals surface area contributed by atoms with Crippen molar-refractivity contribution >= 4 is 17.5 Å². The van der Waals surface area contributed by atoms with Crippen molar-refractivity contribution in [3.05, 3.63) is 47.3 Å². The molecular formula is C19H24N4O. The summed E-state index contributed by atoms with van der Waals surface area (Å²) >= 11 is 0. The number of benzene rings is 1. The first-order valence-corrected chi connectivity index (χ1v) is 8.60. The van der Waals surface area contributed by atoms with Crippen LogP contribution in [0.3, 0.4) is 0 Å². The van der Waals surface area contributed by atoms with Crippen LogP contribution in [0.4, 0.5) is 11.6 Å². The van der Waals surface area contributed by atoms with Crippen molar-refractivity contribution in [1.82, 2.24) is 9.97 Å². The molecule has 0 bridgehead atoms. The molecule has 0 atom stereocenters. The van der Waals surface area contributed by atoms with Gasteiger partial charge in [0.05, 0.1) is 0 Å². The molecule has 0 aliphatic heterocycles. The lowest BCUT2D eigenvalue weighted by atomic mass is 9.96. The van der Waals surface area contributed by atoms with Gasteiger partial charge in [-0.15, -0.1) is 0 Å². The van der Waals surface area contributed by atoms with Crippen LogP contribution in [0.25, 0.3) is 0 Å². The molecule has 3 rings (SSSR count). The SMILES string of the molecule is Cc1cccc(NC(=O)c2cc(C)nc(NC3CCCCC3)n2)c1. The van der Waals surface area contributed by atoms with E-state index in [1.54, 1.807) is 6.07 Å². The minimum absolute atomic E-state index is 0.210. The Morgan fingerprint density at radius 3 is 2.62 bits per heavy atom. The number of amides is 1. The second kappa shape index (κ2) is 7.43. The van der Waals surface area contributed by atoms with Gasteiger partial charge < -0.3 is 10.6 Å². The Hall–Kier alpha value is -2.43. The van der Waals surface area contributed by atoms with E-state index in [-0.39, 0.29) is 5.91 Å². The average molecular weight is 324 g/mol. The van der Waals surface area contributed by atoms with E-state index >= 15 is 0 Å². The molecule has 5 nitrogen and oxygen atoms in total. The van der Waals surface area contributed by atoms with E-state index in [0.717, 1.165) is 29.8 Å². The Balaban J connectivity index is 1.73. The summed E-state index contributed by atoms with van der Waals surface area (Å²) in [5.41, 5.74) is 3.06. The number of hydrogen-bond acceptors (Lipinski definition) is 4. The first-order chi connectivity index (χ1) is 11.6. The molecule has 2 aromatic rings. The van der Waals surface area contributed by atoms with Crippen LogP contribution in [0.2, 0.25) is 0 Å². The zero-order valence-corrected chi connectivity index (χ0v) is 14.3. The fourth-order valence-corrected chi connectivity index (χ4v) is 3.10. The van der Waals surface area contributed by atoms with E-state index < -0.39 is 0 Å². The second-order valence-electron chi connectivity index (χ2n) is 6.52. The van der Waals surface area contributed by atoms with Crippen LogP contribution in [-0.4, -0.2) is 21.9 Å². The smallest absolute Gasteiger partial charge is 0.274 e. The van der Waals surface area contributed by atoms with Gasteiger partial charge in [-0.2, -0.15) is 0 Å². The third-order valence-electron chi connectivity index (χ3n) is 4.30. The normalized spacial score (nSPS) is 15.1. The molecule has 2 N–H and O–H groups in total. The van der Waals surface area contributed by atoms with Gasteiger partial charge in [-0.1, -0.05) is 31.4 Å². The fourth-order valence-electron chi connectivity index (χ4n) is 3.10. The number of nitrogens with one attached hydrogen (secondary N) is 2. The van der Waals surface area contributed by atoms with E-state index in [4.69, 9.17) is 0 Å². The van der Waals surface area contributed by atoms with Crippen LogP contribution in [-0.2, 0) is 0 Å². The number of carbonyl (C=O) groups is 1. The Morgan fingerprint density at radius 1 is 1.08 bits per heavy atom. The van der Waals surface area contributed by atoms with E-state index in [9.17, 15) is 4.79 Å². The maximum atomic E-state index is 12.5. The lowest BCUT2D eigenvalue weighted by Gasteiger charge is -2.23. The molecule has 1 amide bonds. The fraction of sp³-hybridized carbons (Fsp3) is 0.421. The third kappa shape index (κ3) is 4.31. The van der Waals surface area contributed by atoms with Gasteiger partial charge in [-0.05, 0) is 50.5 Å². The highest BCUT2D eigenvalue weighted by Crippen LogP contribution is 2.20. The van der Waals surface area contributed by atoms with E-state index in [2.05, 4.69) is 20.6 Å². The number of rotatable bonds is 4. The molecule has 0 spiro atoms. The lowest BCUT2D eigenvalue weighted by molar-refractivity contribution is 0.102. The summed E-state index contributed by atoms with van der Waals surface area (Å²) < 4.78 is 0. The summed E-state index contributed by atoms with van der Waals surface area (Å²) in [6.07, 6.45) is 6.07. The molecular weight excluding hydrogens is 300 g/mol. The maximum Gasteiger partial charge on any atom is 0.274 e. The quantitative estimate of drug-likeness (QED) is 0.889. The number of anilines is 2. The van der Waals surface area contributed by atoms with Gasteiger partial charge in [0.1, 0.15) is 5.69 Å². The largest absolute Gasteiger partial charge is 0.351 e. The van der Waals surface area contributed by atoms with Crippen molar-refractivity contribution in [3.63, 3.8) is 0 Å². The molecule has 1 fully saturated rings. The molecule has 1 aromatic carbocycles. The number of carbonyl (C=O) groups excluding carboxylic acids is 1. The second-order valence-corrected chi connectivity index (χ2v) is 6.52. The zero-order valence-electron chi connectivity index (χ0n) is 14.3. The van der Waals surface area contributed by atoms with Gasteiger partial charge in [0.25, 0.3) is 5.91 Å². The Bertz CT molecular complexity index is 723. The third-order valence-corrected chi connectivity index (χ3v) is 4.30. The monoisotopic (exact) mass is 324 g/mol. The summed E-state index contributed by atoms with van der Waals surface area (Å²) in [7, 11) is 0. The summed E-state index contributed by atoms with van der Waals surface area (Å²) in [5, 5.41) is 6.29. The standard InChI is InChI=1S/C19H24N4O/c1-13-7-6-10-16(11-13)21-18(24)17-12-14(2)20-19(23-17)22-15-8-4-3-5-9-15/h6-7,10-12,15H,3-5,8-9H2,1-2H3,(H,21,24)(H,20,22,23). The van der Waals surface area contributed by atoms with Gasteiger partial charge in [0.15, 0.2) is 0 Å². The predicted octanol–water partition coefficient (Wildman–Crippen LogP) is 4.09. The van der Waals surface area contributed by atoms with Crippen molar-refractivity contribution in [2.45, 2.75) is 52.0 Å². The Morgan fingerprint density at radius 2 is 1.88 bits per heavy atom. The highest BCUT2D eigenvalue weighted by molar-refractivity contribution is 6.03. The predicted molar refractivity (Wildman–Crippen MR) is 96.4 cm³/mol. The van der Waals surface area contributed by atoms with Gasteiger partial charge in [-0.25, -0.2) is 9.97 Å². The molecule has 0 unspecified atom stereocenters. The first-order valence-electron chi connectivity index (χ1n) is 8.60. The zero-order chi connectivity index (χ0) is 16.9. The van der Waals surface area contributed by atoms with Gasteiger partial charge in [-0.3, -0.25) is 4.79 Å². The van der Waals surface area contributed by atoms with Crippen LogP contribution in [0.15, 0.2) is 30.3 Å². The van der Waals surface area contributed by atoms with Crippen molar-refractivity contribution in [2.24, 2.45) is 0 Å². The van der Waals surface area contributed by atoms with E-state index in [1.165, 1.54) is 19.3 Å². The Labute approximate surface area is 142 Å². The van der Waals surface area contributed by atoms with Crippen LogP contribution in [0.1, 0.15) is 53.8 Å². The molecule has 0 radical (unpaired) electrons. The summed E-state index contributed by atoms with van der Waals surface area (Å²) in [6, 6.07) is 9.86. The molecule has 1 aromatic heterocycles. The molecule has 1 aliphatic rings. The maximum absolute atomic E-state index is 12.5. The number of aryl methyl sites for hydroxylation is 2. The van der Waals surface area contributed by atoms with Crippen molar-refractivity contribution in [1.29, 1.82) is 0 Å². The van der Waals surface area contributed by atoms with Crippen molar-refractivity contribution in [3.8, 4) is 0 Å². The van der Waals surface area contributed by atoms with E-state index in [0.29, 0.717) is 17.7 Å². The topological polar surface area (TPSA) is 66.9 Å². The number of hydrogen-bond donors (Lipinski definition) is 2. The van der Waals surface area contributed by atoms with Crippen LogP contribution < -0.4 is 10.6 Å². The van der Waals surface area contributed by atoms with Gasteiger partial charge in [0.2, 0.25) is 5.95 Å². The summed E-state index contributed by atoms with van der Waals surface area (Å²) in [4.78, 5) is 21.3. The Kier molecular flexibility index (Phi) is 5.08. The molecule has 126 valence electrons. The average Bonchev–Trinajstić information content (AvgIpc) is 2.55. The molecule has 0 saturated heterocycles. The number of aromatic nitrogens is 2. The summed E-state index contributed by atoms with van der Waals surface area (Å²) in [6.45, 7) is 3.88. The van der Waals surface area contributed by atoms with Gasteiger partial charge >= 0.3 is 0 Å². The van der Waals surface area contributed by atoms with E-state index in [1.807, 2.05) is 38.1 Å². The van der Waals surface area contributed by atoms with Crippen LogP contribution in [0.5, 0.6) is 0 Å². The van der Waals surface area contributed by atoms with Crippen LogP contribution in [0, 0.1) is 13.8 Å². The first kappa shape index (κ1) is 16.4. The van der Waals surface area contributed by atoms with Crippen LogP contribution >= 0.6 is 0 Å². The highest BCUT2D eigenvalue weighted by Gasteiger charge is 2.16. The highest BCUT2D eigenvalue weighted by atomic mass is 16.1. The van der Waals surface area contributed by atoms with Gasteiger partial charge in [0, 0.05) is 17.4 Å². The minimum Gasteiger partial charge on any atom is -0.351 e. The summed E-state index contributed by atoms with van der Waals surface area (Å²) in [5.74, 6) is 0.342. The molecule has 24 heavy (non-hydrogen) atoms.